The van der Waals surface area contributed by atoms with Crippen molar-refractivity contribution < 1.29 is 18.3 Å². The summed E-state index contributed by atoms with van der Waals surface area (Å²) in [6, 6.07) is 9.26. The van der Waals surface area contributed by atoms with Gasteiger partial charge in [0.1, 0.15) is 0 Å². The molecule has 0 heterocycles. The highest BCUT2D eigenvalue weighted by Gasteiger charge is 2.48. The van der Waals surface area contributed by atoms with Crippen molar-refractivity contribution in [2.24, 2.45) is 11.5 Å². The van der Waals surface area contributed by atoms with Crippen molar-refractivity contribution in [3.8, 4) is 0 Å². The predicted molar refractivity (Wildman–Crippen MR) is 83.8 cm³/mol. The topological polar surface area (TPSA) is 150 Å². The van der Waals surface area contributed by atoms with Crippen molar-refractivity contribution in [2.45, 2.75) is 16.2 Å². The summed E-state index contributed by atoms with van der Waals surface area (Å²) in [5, 5.41) is 10.1. The number of nitrogens with two attached hydrogens (primary N) is 3. The van der Waals surface area contributed by atoms with Gasteiger partial charge in [-0.05, 0) is 18.7 Å². The van der Waals surface area contributed by atoms with Crippen molar-refractivity contribution in [3.63, 3.8) is 0 Å². The van der Waals surface area contributed by atoms with Crippen LogP contribution < -0.4 is 17.2 Å². The molecule has 0 aromatic heterocycles. The Morgan fingerprint density at radius 2 is 1.73 bits per heavy atom. The van der Waals surface area contributed by atoms with E-state index >= 15 is 0 Å². The number of carbonyl (C=O) groups is 1. The number of carboxylic acid groups (broad SMARTS) is 1. The fourth-order valence-electron chi connectivity index (χ4n) is 2.30. The maximum absolute atomic E-state index is 12.8. The third-order valence-electron chi connectivity index (χ3n) is 3.56. The summed E-state index contributed by atoms with van der Waals surface area (Å²) in [6.07, 6.45) is -0.399. The zero-order valence-electron chi connectivity index (χ0n) is 11.7. The second-order valence-corrected chi connectivity index (χ2v) is 7.11. The Hall–Kier alpha value is -2.16. The summed E-state index contributed by atoms with van der Waals surface area (Å²) >= 11 is 0. The van der Waals surface area contributed by atoms with Crippen LogP contribution in [0.4, 0.5) is 5.69 Å². The lowest BCUT2D eigenvalue weighted by Crippen LogP contribution is -2.55. The molecule has 118 valence electrons. The molecule has 0 aliphatic heterocycles. The van der Waals surface area contributed by atoms with Crippen molar-refractivity contribution in [1.82, 2.24) is 0 Å². The number of fused-ring (bicyclic) bond motifs is 1. The quantitative estimate of drug-likeness (QED) is 0.577. The molecule has 0 fully saturated rings. The first-order valence-electron chi connectivity index (χ1n) is 6.50. The first-order valence-corrected chi connectivity index (χ1v) is 7.98. The van der Waals surface area contributed by atoms with Crippen LogP contribution in [0.25, 0.3) is 10.8 Å². The van der Waals surface area contributed by atoms with E-state index in [1.165, 1.54) is 12.1 Å². The third-order valence-corrected chi connectivity index (χ3v) is 5.84. The summed E-state index contributed by atoms with van der Waals surface area (Å²) in [7, 11) is -4.36. The predicted octanol–water partition coefficient (Wildman–Crippen LogP) is 0.284. The van der Waals surface area contributed by atoms with Gasteiger partial charge in [-0.1, -0.05) is 24.3 Å². The minimum atomic E-state index is -4.36. The van der Waals surface area contributed by atoms with Crippen molar-refractivity contribution in [1.29, 1.82) is 0 Å². The molecule has 0 saturated carbocycles. The van der Waals surface area contributed by atoms with Crippen LogP contribution >= 0.6 is 0 Å². The molecular formula is C14H17N3O4S. The van der Waals surface area contributed by atoms with Gasteiger partial charge in [0.25, 0.3) is 0 Å². The van der Waals surface area contributed by atoms with E-state index in [-0.39, 0.29) is 11.4 Å². The van der Waals surface area contributed by atoms with E-state index in [4.69, 9.17) is 17.2 Å². The van der Waals surface area contributed by atoms with Gasteiger partial charge in [-0.25, -0.2) is 13.2 Å². The molecule has 0 amide bonds. The molecule has 2 rings (SSSR count). The molecule has 2 aromatic carbocycles. The van der Waals surface area contributed by atoms with E-state index in [0.29, 0.717) is 16.5 Å². The summed E-state index contributed by atoms with van der Waals surface area (Å²) in [5.74, 6) is -1.64. The molecule has 0 saturated heterocycles. The van der Waals surface area contributed by atoms with Gasteiger partial charge in [0.05, 0.1) is 4.90 Å². The molecule has 1 atom stereocenters. The lowest BCUT2D eigenvalue weighted by molar-refractivity contribution is -0.140. The number of nitrogen functional groups attached to an aromatic ring is 1. The molecule has 8 heteroatoms. The Morgan fingerprint density at radius 3 is 2.27 bits per heavy atom. The van der Waals surface area contributed by atoms with E-state index in [9.17, 15) is 18.3 Å². The van der Waals surface area contributed by atoms with Gasteiger partial charge in [-0.2, -0.15) is 0 Å². The normalized spacial score (nSPS) is 14.6. The van der Waals surface area contributed by atoms with E-state index in [1.54, 1.807) is 24.3 Å². The van der Waals surface area contributed by atoms with Crippen LogP contribution in [0.2, 0.25) is 0 Å². The molecule has 7 nitrogen and oxygen atoms in total. The highest BCUT2D eigenvalue weighted by atomic mass is 32.2. The zero-order chi connectivity index (χ0) is 16.5. The first-order chi connectivity index (χ1) is 10.3. The van der Waals surface area contributed by atoms with E-state index in [2.05, 4.69) is 0 Å². The van der Waals surface area contributed by atoms with Crippen LogP contribution in [0, 0.1) is 0 Å². The Labute approximate surface area is 127 Å². The van der Waals surface area contributed by atoms with Gasteiger partial charge in [-0.3, -0.25) is 0 Å². The van der Waals surface area contributed by atoms with Crippen molar-refractivity contribution in [3.05, 3.63) is 36.4 Å². The largest absolute Gasteiger partial charge is 0.479 e. The summed E-state index contributed by atoms with van der Waals surface area (Å²) < 4.78 is 25.6. The number of carboxylic acids is 1. The Balaban J connectivity index is 2.80. The minimum Gasteiger partial charge on any atom is -0.479 e. The molecular weight excluding hydrogens is 306 g/mol. The van der Waals surface area contributed by atoms with Crippen molar-refractivity contribution in [2.75, 3.05) is 12.3 Å². The lowest BCUT2D eigenvalue weighted by Gasteiger charge is -2.25. The Kier molecular flexibility index (Phi) is 4.10. The van der Waals surface area contributed by atoms with Crippen LogP contribution in [0.1, 0.15) is 6.42 Å². The molecule has 2 aromatic rings. The molecule has 0 radical (unpaired) electrons. The van der Waals surface area contributed by atoms with Gasteiger partial charge >= 0.3 is 5.97 Å². The fourth-order valence-corrected chi connectivity index (χ4v) is 4.02. The van der Waals surface area contributed by atoms with Crippen molar-refractivity contribution >= 4 is 32.3 Å². The lowest BCUT2D eigenvalue weighted by atomic mass is 10.1. The average Bonchev–Trinajstić information content (AvgIpc) is 2.47. The van der Waals surface area contributed by atoms with Gasteiger partial charge in [0.2, 0.25) is 14.7 Å². The van der Waals surface area contributed by atoms with Gasteiger partial charge in [-0.15, -0.1) is 0 Å². The van der Waals surface area contributed by atoms with Crippen LogP contribution in [-0.4, -0.2) is 30.9 Å². The summed E-state index contributed by atoms with van der Waals surface area (Å²) in [5.41, 5.74) is 17.3. The number of benzene rings is 2. The Bertz CT molecular complexity index is 835. The van der Waals surface area contributed by atoms with Crippen LogP contribution in [0.5, 0.6) is 0 Å². The third kappa shape index (κ3) is 2.31. The average molecular weight is 323 g/mol. The van der Waals surface area contributed by atoms with Crippen LogP contribution in [0.15, 0.2) is 41.3 Å². The Morgan fingerprint density at radius 1 is 1.14 bits per heavy atom. The van der Waals surface area contributed by atoms with E-state index in [0.717, 1.165) is 0 Å². The van der Waals surface area contributed by atoms with Gasteiger partial charge < -0.3 is 22.3 Å². The molecule has 0 aliphatic carbocycles. The SMILES string of the molecule is NCCC(N)(C(=O)O)S(=O)(=O)c1ccc(N)c2ccccc12. The maximum atomic E-state index is 12.8. The standard InChI is InChI=1S/C14H17N3O4S/c15-8-7-14(17,13(18)19)22(20,21)12-6-5-11(16)9-3-1-2-4-10(9)12/h1-6H,7-8,15-17H2,(H,18,19). The van der Waals surface area contributed by atoms with E-state index in [1.807, 2.05) is 0 Å². The summed E-state index contributed by atoms with van der Waals surface area (Å²) in [6.45, 7) is -0.172. The first kappa shape index (κ1) is 16.2. The highest BCUT2D eigenvalue weighted by molar-refractivity contribution is 7.93. The van der Waals surface area contributed by atoms with E-state index < -0.39 is 27.1 Å². The molecule has 0 aliphatic rings. The fraction of sp³-hybridized carbons (Fsp3) is 0.214. The zero-order valence-corrected chi connectivity index (χ0v) is 12.5. The number of anilines is 1. The number of rotatable bonds is 5. The molecule has 0 bridgehead atoms. The van der Waals surface area contributed by atoms with Gasteiger partial charge in [0, 0.05) is 22.9 Å². The minimum absolute atomic E-state index is 0.171. The molecule has 1 unspecified atom stereocenters. The molecule has 0 spiro atoms. The van der Waals surface area contributed by atoms with Crippen LogP contribution in [-0.2, 0) is 14.6 Å². The smallest absolute Gasteiger partial charge is 0.340 e. The molecule has 7 N–H and O–H groups in total. The highest BCUT2D eigenvalue weighted by Crippen LogP contribution is 2.33. The number of hydrogen-bond donors (Lipinski definition) is 4. The maximum Gasteiger partial charge on any atom is 0.340 e. The second kappa shape index (κ2) is 5.56. The number of sulfone groups is 1. The number of hydrogen-bond acceptors (Lipinski definition) is 6. The van der Waals surface area contributed by atoms with Gasteiger partial charge in [0.15, 0.2) is 0 Å². The number of aliphatic carboxylic acids is 1. The summed E-state index contributed by atoms with van der Waals surface area (Å²) in [4.78, 5) is 8.79. The monoisotopic (exact) mass is 323 g/mol. The second-order valence-electron chi connectivity index (χ2n) is 4.94. The molecule has 22 heavy (non-hydrogen) atoms. The van der Waals surface area contributed by atoms with Crippen LogP contribution in [0.3, 0.4) is 0 Å².